The van der Waals surface area contributed by atoms with Crippen LogP contribution in [-0.2, 0) is 0 Å². The van der Waals surface area contributed by atoms with E-state index in [1.807, 2.05) is 19.9 Å². The summed E-state index contributed by atoms with van der Waals surface area (Å²) in [5.74, 6) is 0.922. The second-order valence-corrected chi connectivity index (χ2v) is 2.73. The third kappa shape index (κ3) is 9.85. The fourth-order valence-electron chi connectivity index (χ4n) is 0.431. The highest BCUT2D eigenvalue weighted by Crippen LogP contribution is 1.99. The Morgan fingerprint density at radius 3 is 2.73 bits per heavy atom. The molecule has 0 spiro atoms. The number of aliphatic imine (C=N–C) groups is 1. The van der Waals surface area contributed by atoms with Crippen LogP contribution < -0.4 is 5.73 Å². The van der Waals surface area contributed by atoms with Crippen molar-refractivity contribution in [2.45, 2.75) is 13.8 Å². The van der Waals surface area contributed by atoms with Gasteiger partial charge in [-0.25, -0.2) is 0 Å². The number of halogens is 1. The highest BCUT2D eigenvalue weighted by molar-refractivity contribution is 8.13. The van der Waals surface area contributed by atoms with E-state index in [0.29, 0.717) is 5.17 Å². The van der Waals surface area contributed by atoms with Gasteiger partial charge >= 0.3 is 0 Å². The molecular formula is C7H15ClN2S. The van der Waals surface area contributed by atoms with Crippen molar-refractivity contribution in [2.75, 3.05) is 12.3 Å². The van der Waals surface area contributed by atoms with Gasteiger partial charge in [0.15, 0.2) is 5.17 Å². The Balaban J connectivity index is 0. The molecule has 0 aliphatic carbocycles. The zero-order valence-electron chi connectivity index (χ0n) is 6.91. The topological polar surface area (TPSA) is 38.4 Å². The lowest BCUT2D eigenvalue weighted by Crippen LogP contribution is -2.06. The number of allylic oxidation sites excluding steroid dienone is 1. The first-order valence-electron chi connectivity index (χ1n) is 3.35. The summed E-state index contributed by atoms with van der Waals surface area (Å²) < 4.78 is 0. The van der Waals surface area contributed by atoms with Crippen molar-refractivity contribution in [3.8, 4) is 0 Å². The lowest BCUT2D eigenvalue weighted by molar-refractivity contribution is 1.13. The predicted molar refractivity (Wildman–Crippen MR) is 56.7 cm³/mol. The van der Waals surface area contributed by atoms with Crippen LogP contribution in [0.2, 0.25) is 0 Å². The molecule has 0 rings (SSSR count). The van der Waals surface area contributed by atoms with Crippen LogP contribution in [0.3, 0.4) is 0 Å². The summed E-state index contributed by atoms with van der Waals surface area (Å²) in [4.78, 5) is 4.02. The molecule has 0 unspecified atom stereocenters. The Hall–Kier alpha value is -0.150. The Kier molecular flexibility index (Phi) is 12.0. The van der Waals surface area contributed by atoms with Gasteiger partial charge in [0.1, 0.15) is 0 Å². The molecule has 0 radical (unpaired) electrons. The van der Waals surface area contributed by atoms with Gasteiger partial charge in [-0.15, -0.1) is 12.4 Å². The van der Waals surface area contributed by atoms with E-state index in [1.54, 1.807) is 11.8 Å². The standard InChI is InChI=1S/C7H14N2S.ClH/c1-3-5-6-10-7(8)9-4-2;/h3,5H,4,6H2,1-2H3,(H2,8,9);1H/b5-3+;. The number of nitrogens with two attached hydrogens (primary N) is 1. The molecule has 0 aromatic heterocycles. The molecule has 0 heterocycles. The summed E-state index contributed by atoms with van der Waals surface area (Å²) >= 11 is 1.57. The Bertz CT molecular complexity index is 134. The van der Waals surface area contributed by atoms with Gasteiger partial charge in [0.25, 0.3) is 0 Å². The van der Waals surface area contributed by atoms with E-state index in [0.717, 1.165) is 12.3 Å². The minimum Gasteiger partial charge on any atom is -0.379 e. The summed E-state index contributed by atoms with van der Waals surface area (Å²) in [6.07, 6.45) is 4.06. The van der Waals surface area contributed by atoms with Crippen molar-refractivity contribution in [3.63, 3.8) is 0 Å². The van der Waals surface area contributed by atoms with E-state index in [1.165, 1.54) is 0 Å². The van der Waals surface area contributed by atoms with E-state index in [9.17, 15) is 0 Å². The van der Waals surface area contributed by atoms with Gasteiger partial charge in [-0.3, -0.25) is 4.99 Å². The Labute approximate surface area is 78.8 Å². The van der Waals surface area contributed by atoms with Crippen LogP contribution in [0.4, 0.5) is 0 Å². The summed E-state index contributed by atoms with van der Waals surface area (Å²) in [6.45, 7) is 4.74. The number of nitrogens with zero attached hydrogens (tertiary/aromatic N) is 1. The molecule has 0 aliphatic rings. The van der Waals surface area contributed by atoms with Gasteiger partial charge in [-0.2, -0.15) is 0 Å². The largest absolute Gasteiger partial charge is 0.379 e. The fraction of sp³-hybridized carbons (Fsp3) is 0.571. The number of rotatable bonds is 3. The van der Waals surface area contributed by atoms with E-state index >= 15 is 0 Å². The van der Waals surface area contributed by atoms with Crippen molar-refractivity contribution in [1.29, 1.82) is 0 Å². The number of hydrogen-bond acceptors (Lipinski definition) is 2. The molecule has 0 saturated heterocycles. The van der Waals surface area contributed by atoms with Gasteiger partial charge in [-0.1, -0.05) is 23.9 Å². The molecule has 2 N–H and O–H groups in total. The summed E-state index contributed by atoms with van der Waals surface area (Å²) in [5, 5.41) is 0.681. The maximum Gasteiger partial charge on any atom is 0.154 e. The highest BCUT2D eigenvalue weighted by Gasteiger charge is 1.87. The smallest absolute Gasteiger partial charge is 0.154 e. The first-order chi connectivity index (χ1) is 4.81. The van der Waals surface area contributed by atoms with E-state index in [-0.39, 0.29) is 12.4 Å². The SMILES string of the molecule is C/C=C/CSC(N)=NCC.Cl. The molecule has 2 nitrogen and oxygen atoms in total. The third-order valence-corrected chi connectivity index (χ3v) is 1.66. The average Bonchev–Trinajstić information content (AvgIpc) is 1.89. The van der Waals surface area contributed by atoms with Crippen LogP contribution in [0.25, 0.3) is 0 Å². The van der Waals surface area contributed by atoms with Gasteiger partial charge < -0.3 is 5.73 Å². The van der Waals surface area contributed by atoms with Crippen molar-refractivity contribution in [3.05, 3.63) is 12.2 Å². The summed E-state index contributed by atoms with van der Waals surface area (Å²) in [7, 11) is 0. The van der Waals surface area contributed by atoms with Gasteiger partial charge in [0.2, 0.25) is 0 Å². The number of thioether (sulfide) groups is 1. The highest BCUT2D eigenvalue weighted by atomic mass is 35.5. The van der Waals surface area contributed by atoms with Crippen LogP contribution in [0.15, 0.2) is 17.1 Å². The molecule has 4 heteroatoms. The summed E-state index contributed by atoms with van der Waals surface area (Å²) in [5.41, 5.74) is 5.50. The molecule has 66 valence electrons. The van der Waals surface area contributed by atoms with Gasteiger partial charge in [0.05, 0.1) is 0 Å². The maximum absolute atomic E-state index is 5.50. The molecule has 0 fully saturated rings. The predicted octanol–water partition coefficient (Wildman–Crippen LogP) is 2.05. The molecule has 0 bridgehead atoms. The first kappa shape index (κ1) is 13.4. The van der Waals surface area contributed by atoms with Crippen molar-refractivity contribution in [1.82, 2.24) is 0 Å². The molecule has 11 heavy (non-hydrogen) atoms. The summed E-state index contributed by atoms with van der Waals surface area (Å²) in [6, 6.07) is 0. The van der Waals surface area contributed by atoms with Crippen molar-refractivity contribution in [2.24, 2.45) is 10.7 Å². The maximum atomic E-state index is 5.50. The molecule has 0 aliphatic heterocycles. The van der Waals surface area contributed by atoms with Gasteiger partial charge in [0, 0.05) is 12.3 Å². The Morgan fingerprint density at radius 1 is 1.64 bits per heavy atom. The fourth-order valence-corrected chi connectivity index (χ4v) is 1.11. The molecular weight excluding hydrogens is 180 g/mol. The molecule has 0 aromatic carbocycles. The number of amidine groups is 1. The van der Waals surface area contributed by atoms with Crippen LogP contribution in [-0.4, -0.2) is 17.5 Å². The monoisotopic (exact) mass is 194 g/mol. The van der Waals surface area contributed by atoms with Crippen LogP contribution in [0.1, 0.15) is 13.8 Å². The lowest BCUT2D eigenvalue weighted by Gasteiger charge is -1.93. The normalized spacial score (nSPS) is 11.6. The Morgan fingerprint density at radius 2 is 2.27 bits per heavy atom. The van der Waals surface area contributed by atoms with Crippen molar-refractivity contribution >= 4 is 29.3 Å². The van der Waals surface area contributed by atoms with Crippen LogP contribution >= 0.6 is 24.2 Å². The molecule has 0 amide bonds. The van der Waals surface area contributed by atoms with Crippen LogP contribution in [0, 0.1) is 0 Å². The lowest BCUT2D eigenvalue weighted by atomic mass is 10.6. The molecule has 0 aromatic rings. The van der Waals surface area contributed by atoms with E-state index in [4.69, 9.17) is 5.73 Å². The van der Waals surface area contributed by atoms with Crippen LogP contribution in [0.5, 0.6) is 0 Å². The quantitative estimate of drug-likeness (QED) is 0.424. The van der Waals surface area contributed by atoms with E-state index in [2.05, 4.69) is 11.1 Å². The minimum atomic E-state index is 0. The van der Waals surface area contributed by atoms with E-state index < -0.39 is 0 Å². The van der Waals surface area contributed by atoms with Gasteiger partial charge in [-0.05, 0) is 13.8 Å². The minimum absolute atomic E-state index is 0. The second kappa shape index (κ2) is 9.85. The second-order valence-electron chi connectivity index (χ2n) is 1.69. The molecule has 0 atom stereocenters. The average molecular weight is 195 g/mol. The first-order valence-corrected chi connectivity index (χ1v) is 4.33. The molecule has 0 saturated carbocycles. The third-order valence-electron chi connectivity index (χ3n) is 0.877. The number of hydrogen-bond donors (Lipinski definition) is 1. The zero-order chi connectivity index (χ0) is 7.82. The zero-order valence-corrected chi connectivity index (χ0v) is 8.54. The van der Waals surface area contributed by atoms with Crippen molar-refractivity contribution < 1.29 is 0 Å².